The zero-order valence-corrected chi connectivity index (χ0v) is 21.9. The summed E-state index contributed by atoms with van der Waals surface area (Å²) in [6.45, 7) is 1.80. The predicted molar refractivity (Wildman–Crippen MR) is 145 cm³/mol. The number of nitrogens with one attached hydrogen (secondary N) is 1. The molecule has 1 aliphatic heterocycles. The largest absolute Gasteiger partial charge is 0.374 e. The van der Waals surface area contributed by atoms with E-state index in [9.17, 15) is 4.79 Å². The standard InChI is InChI=1S/C32H37NO5/c1-33-32(34)26-17-27-28(18-26)38-29(22-35-19-23-11-5-2-6-12-23)31(37-21-25-15-9-4-10-16-25)30(27)36-20-24-13-7-3-8-14-24/h2-16,26-31H,17-22H2,1H3,(H,33,34)/t26-,27?,28+,29?,30-,31+/m0/s1. The second-order valence-electron chi connectivity index (χ2n) is 10.2. The van der Waals surface area contributed by atoms with Crippen molar-refractivity contribution >= 4 is 5.91 Å². The first-order valence-electron chi connectivity index (χ1n) is 13.5. The van der Waals surface area contributed by atoms with E-state index in [0.717, 1.165) is 16.7 Å². The van der Waals surface area contributed by atoms with E-state index in [1.165, 1.54) is 0 Å². The van der Waals surface area contributed by atoms with E-state index >= 15 is 0 Å². The summed E-state index contributed by atoms with van der Waals surface area (Å²) in [5.41, 5.74) is 3.31. The van der Waals surface area contributed by atoms with Gasteiger partial charge in [0.15, 0.2) is 0 Å². The molecule has 2 aliphatic rings. The van der Waals surface area contributed by atoms with E-state index in [-0.39, 0.29) is 42.2 Å². The first-order valence-corrected chi connectivity index (χ1v) is 13.5. The van der Waals surface area contributed by atoms with Gasteiger partial charge < -0.3 is 24.3 Å². The molecular formula is C32H37NO5. The van der Waals surface area contributed by atoms with E-state index in [2.05, 4.69) is 41.7 Å². The third-order valence-corrected chi connectivity index (χ3v) is 7.59. The Labute approximate surface area is 225 Å². The lowest BCUT2D eigenvalue weighted by Crippen LogP contribution is -2.56. The van der Waals surface area contributed by atoms with E-state index in [1.807, 2.05) is 54.6 Å². The molecule has 6 nitrogen and oxygen atoms in total. The summed E-state index contributed by atoms with van der Waals surface area (Å²) in [6, 6.07) is 30.5. The second-order valence-corrected chi connectivity index (χ2v) is 10.2. The lowest BCUT2D eigenvalue weighted by atomic mass is 9.87. The molecule has 6 atom stereocenters. The van der Waals surface area contributed by atoms with Crippen LogP contribution >= 0.6 is 0 Å². The van der Waals surface area contributed by atoms with Gasteiger partial charge in [-0.3, -0.25) is 4.79 Å². The van der Waals surface area contributed by atoms with Crippen molar-refractivity contribution in [1.29, 1.82) is 0 Å². The van der Waals surface area contributed by atoms with E-state index in [1.54, 1.807) is 7.05 Å². The predicted octanol–water partition coefficient (Wildman–Crippen LogP) is 4.91. The Morgan fingerprint density at radius 2 is 1.29 bits per heavy atom. The van der Waals surface area contributed by atoms with E-state index in [0.29, 0.717) is 39.3 Å². The molecule has 0 spiro atoms. The Balaban J connectivity index is 1.36. The molecule has 3 aromatic rings. The quantitative estimate of drug-likeness (QED) is 0.393. The van der Waals surface area contributed by atoms with Crippen LogP contribution in [-0.4, -0.2) is 44.0 Å². The third kappa shape index (κ3) is 6.69. The summed E-state index contributed by atoms with van der Waals surface area (Å²) in [7, 11) is 1.69. The van der Waals surface area contributed by atoms with Crippen LogP contribution in [-0.2, 0) is 43.6 Å². The van der Waals surface area contributed by atoms with Gasteiger partial charge in [-0.15, -0.1) is 0 Å². The summed E-state index contributed by atoms with van der Waals surface area (Å²) in [6.07, 6.45) is 0.438. The van der Waals surface area contributed by atoms with Crippen LogP contribution in [0.25, 0.3) is 0 Å². The molecule has 2 fully saturated rings. The third-order valence-electron chi connectivity index (χ3n) is 7.59. The molecule has 2 unspecified atom stereocenters. The fourth-order valence-electron chi connectivity index (χ4n) is 5.66. The van der Waals surface area contributed by atoms with Gasteiger partial charge in [-0.1, -0.05) is 91.0 Å². The van der Waals surface area contributed by atoms with Gasteiger partial charge in [0.1, 0.15) is 12.2 Å². The molecular weight excluding hydrogens is 478 g/mol. The molecule has 0 radical (unpaired) electrons. The molecule has 0 bridgehead atoms. The SMILES string of the molecule is CNC(=O)[C@H]1CC2[C@@H](C1)OC(COCc1ccccc1)[C@@H](OCc1ccccc1)[C@H]2OCc1ccccc1. The number of ether oxygens (including phenoxy) is 4. The van der Waals surface area contributed by atoms with Crippen LogP contribution in [0, 0.1) is 11.8 Å². The Morgan fingerprint density at radius 1 is 0.763 bits per heavy atom. The Hall–Kier alpha value is -3.03. The number of benzene rings is 3. The maximum atomic E-state index is 12.6. The molecule has 1 heterocycles. The maximum absolute atomic E-state index is 12.6. The minimum absolute atomic E-state index is 0.0587. The number of hydrogen-bond donors (Lipinski definition) is 1. The zero-order chi connectivity index (χ0) is 26.2. The fraction of sp³-hybridized carbons (Fsp3) is 0.406. The molecule has 1 amide bonds. The van der Waals surface area contributed by atoms with Crippen LogP contribution in [0.5, 0.6) is 0 Å². The second kappa shape index (κ2) is 13.2. The Kier molecular flexibility index (Phi) is 9.20. The van der Waals surface area contributed by atoms with Crippen molar-refractivity contribution in [2.75, 3.05) is 13.7 Å². The Morgan fingerprint density at radius 3 is 1.84 bits per heavy atom. The number of carbonyl (C=O) groups excluding carboxylic acids is 1. The molecule has 1 saturated heterocycles. The number of hydrogen-bond acceptors (Lipinski definition) is 5. The van der Waals surface area contributed by atoms with Crippen LogP contribution in [0.15, 0.2) is 91.0 Å². The van der Waals surface area contributed by atoms with Gasteiger partial charge in [0.05, 0.1) is 38.6 Å². The van der Waals surface area contributed by atoms with E-state index in [4.69, 9.17) is 18.9 Å². The number of carbonyl (C=O) groups is 1. The van der Waals surface area contributed by atoms with Gasteiger partial charge >= 0.3 is 0 Å². The van der Waals surface area contributed by atoms with Crippen molar-refractivity contribution in [3.05, 3.63) is 108 Å². The first kappa shape index (κ1) is 26.6. The smallest absolute Gasteiger partial charge is 0.222 e. The van der Waals surface area contributed by atoms with Gasteiger partial charge in [0, 0.05) is 18.9 Å². The molecule has 6 heteroatoms. The van der Waals surface area contributed by atoms with Crippen molar-refractivity contribution < 1.29 is 23.7 Å². The van der Waals surface area contributed by atoms with Gasteiger partial charge in [0.25, 0.3) is 0 Å². The summed E-state index contributed by atoms with van der Waals surface area (Å²) >= 11 is 0. The number of amides is 1. The molecule has 5 rings (SSSR count). The van der Waals surface area contributed by atoms with Crippen LogP contribution in [0.2, 0.25) is 0 Å². The average Bonchev–Trinajstić information content (AvgIpc) is 3.40. The lowest BCUT2D eigenvalue weighted by molar-refractivity contribution is -0.238. The fourth-order valence-corrected chi connectivity index (χ4v) is 5.66. The molecule has 38 heavy (non-hydrogen) atoms. The highest BCUT2D eigenvalue weighted by Gasteiger charge is 2.52. The molecule has 1 aliphatic carbocycles. The first-order chi connectivity index (χ1) is 18.7. The normalized spacial score (nSPS) is 26.6. The Bertz CT molecular complexity index is 1130. The molecule has 200 valence electrons. The van der Waals surface area contributed by atoms with E-state index < -0.39 is 0 Å². The topological polar surface area (TPSA) is 66.0 Å². The van der Waals surface area contributed by atoms with Gasteiger partial charge in [-0.25, -0.2) is 0 Å². The average molecular weight is 516 g/mol. The van der Waals surface area contributed by atoms with Gasteiger partial charge in [-0.2, -0.15) is 0 Å². The summed E-state index contributed by atoms with van der Waals surface area (Å²) < 4.78 is 26.0. The maximum Gasteiger partial charge on any atom is 0.222 e. The van der Waals surface area contributed by atoms with Crippen LogP contribution < -0.4 is 5.32 Å². The van der Waals surface area contributed by atoms with Crippen molar-refractivity contribution in [3.8, 4) is 0 Å². The molecule has 1 saturated carbocycles. The minimum Gasteiger partial charge on any atom is -0.374 e. The number of fused-ring (bicyclic) bond motifs is 1. The summed E-state index contributed by atoms with van der Waals surface area (Å²) in [4.78, 5) is 12.6. The van der Waals surface area contributed by atoms with Gasteiger partial charge in [-0.05, 0) is 29.5 Å². The summed E-state index contributed by atoms with van der Waals surface area (Å²) in [5.74, 6) is 0.0205. The zero-order valence-electron chi connectivity index (χ0n) is 21.9. The highest BCUT2D eigenvalue weighted by Crippen LogP contribution is 2.43. The highest BCUT2D eigenvalue weighted by molar-refractivity contribution is 5.78. The molecule has 1 N–H and O–H groups in total. The highest BCUT2D eigenvalue weighted by atomic mass is 16.6. The van der Waals surface area contributed by atoms with Crippen molar-refractivity contribution in [1.82, 2.24) is 5.32 Å². The van der Waals surface area contributed by atoms with Crippen molar-refractivity contribution in [2.24, 2.45) is 11.8 Å². The molecule has 3 aromatic carbocycles. The van der Waals surface area contributed by atoms with Crippen LogP contribution in [0.3, 0.4) is 0 Å². The summed E-state index contributed by atoms with van der Waals surface area (Å²) in [5, 5.41) is 2.82. The minimum atomic E-state index is -0.334. The van der Waals surface area contributed by atoms with Gasteiger partial charge in [0.2, 0.25) is 5.91 Å². The lowest BCUT2D eigenvalue weighted by Gasteiger charge is -2.44. The van der Waals surface area contributed by atoms with Crippen molar-refractivity contribution in [2.45, 2.75) is 57.1 Å². The van der Waals surface area contributed by atoms with Crippen LogP contribution in [0.1, 0.15) is 29.5 Å². The van der Waals surface area contributed by atoms with Crippen LogP contribution in [0.4, 0.5) is 0 Å². The van der Waals surface area contributed by atoms with Crippen molar-refractivity contribution in [3.63, 3.8) is 0 Å². The monoisotopic (exact) mass is 515 g/mol. The number of rotatable bonds is 11. The molecule has 0 aromatic heterocycles.